The second-order valence-corrected chi connectivity index (χ2v) is 3.71. The molecule has 1 N–H and O–H groups in total. The highest BCUT2D eigenvalue weighted by Crippen LogP contribution is 2.24. The Labute approximate surface area is 69.0 Å². The van der Waals surface area contributed by atoms with Gasteiger partial charge >= 0.3 is 0 Å². The molecule has 0 atom stereocenters. The molecule has 1 aromatic rings. The van der Waals surface area contributed by atoms with E-state index in [0.717, 1.165) is 22.8 Å². The largest absolute Gasteiger partial charge is 0.364 e. The molecule has 0 aliphatic carbocycles. The first-order valence-corrected chi connectivity index (χ1v) is 4.70. The van der Waals surface area contributed by atoms with E-state index in [1.807, 2.05) is 0 Å². The maximum absolute atomic E-state index is 11.2. The number of H-pyrrole nitrogens is 1. The van der Waals surface area contributed by atoms with E-state index in [0.29, 0.717) is 0 Å². The number of nitrogens with one attached hydrogen (secondary N) is 1. The van der Waals surface area contributed by atoms with Crippen LogP contribution in [0, 0.1) is 0 Å². The lowest BCUT2D eigenvalue weighted by Crippen LogP contribution is -2.11. The Bertz CT molecular complexity index is 318. The van der Waals surface area contributed by atoms with Crippen molar-refractivity contribution in [3.05, 3.63) is 28.2 Å². The van der Waals surface area contributed by atoms with E-state index in [9.17, 15) is 4.79 Å². The number of pyridine rings is 1. The summed E-state index contributed by atoms with van der Waals surface area (Å²) in [6.45, 7) is 0. The molecule has 0 bridgehead atoms. The van der Waals surface area contributed by atoms with Gasteiger partial charge in [0, 0.05) is 18.0 Å². The van der Waals surface area contributed by atoms with Crippen LogP contribution in [0.2, 0.25) is 0 Å². The third-order valence-electron chi connectivity index (χ3n) is 1.81. The van der Waals surface area contributed by atoms with E-state index in [2.05, 4.69) is 4.98 Å². The zero-order valence-electron chi connectivity index (χ0n) is 6.09. The van der Waals surface area contributed by atoms with Crippen molar-refractivity contribution in [2.24, 2.45) is 0 Å². The maximum atomic E-state index is 11.2. The summed E-state index contributed by atoms with van der Waals surface area (Å²) in [5.74, 6) is 1.08. The monoisotopic (exact) mass is 167 g/mol. The number of fused-ring (bicyclic) bond motifs is 1. The van der Waals surface area contributed by atoms with E-state index >= 15 is 0 Å². The number of rotatable bonds is 0. The number of aryl methyl sites for hydroxylation is 1. The van der Waals surface area contributed by atoms with Crippen LogP contribution in [0.25, 0.3) is 0 Å². The summed E-state index contributed by atoms with van der Waals surface area (Å²) >= 11 is 1.67. The van der Waals surface area contributed by atoms with Crippen molar-refractivity contribution < 1.29 is 0 Å². The molecule has 1 aromatic heterocycles. The van der Waals surface area contributed by atoms with Crippen LogP contribution in [0.1, 0.15) is 12.1 Å². The number of thioether (sulfide) groups is 1. The molecule has 0 aromatic carbocycles. The lowest BCUT2D eigenvalue weighted by molar-refractivity contribution is 0.837. The molecule has 0 saturated heterocycles. The van der Waals surface area contributed by atoms with Gasteiger partial charge in [-0.1, -0.05) is 0 Å². The predicted octanol–water partition coefficient (Wildman–Crippen LogP) is 1.41. The topological polar surface area (TPSA) is 32.9 Å². The molecule has 0 saturated carbocycles. The number of hydrogen-bond acceptors (Lipinski definition) is 2. The normalized spacial score (nSPS) is 16.0. The zero-order valence-corrected chi connectivity index (χ0v) is 6.91. The van der Waals surface area contributed by atoms with Crippen LogP contribution in [0.4, 0.5) is 0 Å². The summed E-state index contributed by atoms with van der Waals surface area (Å²) in [7, 11) is 0. The van der Waals surface area contributed by atoms with Crippen molar-refractivity contribution in [3.8, 4) is 0 Å². The molecular formula is C8H9NOS. The fourth-order valence-electron chi connectivity index (χ4n) is 1.28. The molecule has 0 radical (unpaired) electrons. The average molecular weight is 167 g/mol. The van der Waals surface area contributed by atoms with Crippen molar-refractivity contribution in [2.45, 2.75) is 17.7 Å². The van der Waals surface area contributed by atoms with Crippen LogP contribution in [0.3, 0.4) is 0 Å². The van der Waals surface area contributed by atoms with E-state index in [-0.39, 0.29) is 5.43 Å². The Kier molecular flexibility index (Phi) is 1.74. The van der Waals surface area contributed by atoms with Gasteiger partial charge < -0.3 is 4.98 Å². The van der Waals surface area contributed by atoms with Gasteiger partial charge in [-0.05, 0) is 18.6 Å². The van der Waals surface area contributed by atoms with E-state index in [1.165, 1.54) is 6.42 Å². The van der Waals surface area contributed by atoms with Crippen LogP contribution >= 0.6 is 11.8 Å². The summed E-state index contributed by atoms with van der Waals surface area (Å²) in [5.41, 5.74) is 1.29. The maximum Gasteiger partial charge on any atom is 0.195 e. The van der Waals surface area contributed by atoms with Crippen LogP contribution in [0.5, 0.6) is 0 Å². The van der Waals surface area contributed by atoms with Gasteiger partial charge in [-0.15, -0.1) is 11.8 Å². The van der Waals surface area contributed by atoms with Gasteiger partial charge in [-0.25, -0.2) is 0 Å². The molecule has 1 aliphatic rings. The fourth-order valence-corrected chi connectivity index (χ4v) is 2.31. The molecule has 3 heteroatoms. The lowest BCUT2D eigenvalue weighted by Gasteiger charge is -2.12. The Hall–Kier alpha value is -0.700. The predicted molar refractivity (Wildman–Crippen MR) is 46.1 cm³/mol. The molecule has 0 spiro atoms. The van der Waals surface area contributed by atoms with Gasteiger partial charge in [0.15, 0.2) is 5.43 Å². The third-order valence-corrected chi connectivity index (χ3v) is 3.04. The number of aromatic amines is 1. The summed E-state index contributed by atoms with van der Waals surface area (Å²) in [6.07, 6.45) is 3.93. The minimum atomic E-state index is 0.170. The molecular weight excluding hydrogens is 158 g/mol. The summed E-state index contributed by atoms with van der Waals surface area (Å²) in [6, 6.07) is 1.59. The molecule has 0 fully saturated rings. The summed E-state index contributed by atoms with van der Waals surface area (Å²) < 4.78 is 0. The lowest BCUT2D eigenvalue weighted by atomic mass is 10.2. The van der Waals surface area contributed by atoms with Crippen LogP contribution in [-0.4, -0.2) is 10.7 Å². The van der Waals surface area contributed by atoms with Crippen LogP contribution in [-0.2, 0) is 6.42 Å². The van der Waals surface area contributed by atoms with E-state index in [4.69, 9.17) is 0 Å². The molecule has 2 nitrogen and oxygen atoms in total. The molecule has 58 valence electrons. The second-order valence-electron chi connectivity index (χ2n) is 2.60. The first-order valence-electron chi connectivity index (χ1n) is 3.71. The van der Waals surface area contributed by atoms with Crippen molar-refractivity contribution in [1.82, 2.24) is 4.98 Å². The summed E-state index contributed by atoms with van der Waals surface area (Å²) in [4.78, 5) is 15.3. The Morgan fingerprint density at radius 2 is 2.45 bits per heavy atom. The highest BCUT2D eigenvalue weighted by molar-refractivity contribution is 7.99. The third kappa shape index (κ3) is 1.20. The number of aromatic nitrogens is 1. The van der Waals surface area contributed by atoms with Gasteiger partial charge in [0.2, 0.25) is 0 Å². The smallest absolute Gasteiger partial charge is 0.195 e. The average Bonchev–Trinajstić information content (AvgIpc) is 2.06. The second kappa shape index (κ2) is 2.74. The molecule has 11 heavy (non-hydrogen) atoms. The van der Waals surface area contributed by atoms with E-state index < -0.39 is 0 Å². The number of hydrogen-bond donors (Lipinski definition) is 1. The fraction of sp³-hybridized carbons (Fsp3) is 0.375. The summed E-state index contributed by atoms with van der Waals surface area (Å²) in [5, 5.41) is 0. The molecule has 2 rings (SSSR count). The van der Waals surface area contributed by atoms with Crippen LogP contribution in [0.15, 0.2) is 22.0 Å². The van der Waals surface area contributed by atoms with Crippen molar-refractivity contribution >= 4 is 11.8 Å². The Morgan fingerprint density at radius 1 is 1.55 bits per heavy atom. The van der Waals surface area contributed by atoms with Crippen LogP contribution < -0.4 is 5.43 Å². The molecule has 2 heterocycles. The first-order chi connectivity index (χ1) is 5.38. The van der Waals surface area contributed by atoms with Gasteiger partial charge in [-0.3, -0.25) is 4.79 Å². The van der Waals surface area contributed by atoms with Gasteiger partial charge in [-0.2, -0.15) is 0 Å². The van der Waals surface area contributed by atoms with Crippen molar-refractivity contribution in [2.75, 3.05) is 5.75 Å². The standard InChI is InChI=1S/C8H9NOS/c10-7-3-4-9-6-2-1-5-11-8(6)7/h3-4H,1-2,5H2,(H,9,10). The van der Waals surface area contributed by atoms with Gasteiger partial charge in [0.05, 0.1) is 4.90 Å². The molecule has 0 amide bonds. The van der Waals surface area contributed by atoms with Crippen molar-refractivity contribution in [1.29, 1.82) is 0 Å². The SMILES string of the molecule is O=c1cc[nH]c2c1SCCC2. The highest BCUT2D eigenvalue weighted by Gasteiger charge is 2.11. The zero-order chi connectivity index (χ0) is 7.68. The highest BCUT2D eigenvalue weighted by atomic mass is 32.2. The molecule has 1 aliphatic heterocycles. The van der Waals surface area contributed by atoms with E-state index in [1.54, 1.807) is 24.0 Å². The Morgan fingerprint density at radius 3 is 3.27 bits per heavy atom. The minimum Gasteiger partial charge on any atom is -0.364 e. The quantitative estimate of drug-likeness (QED) is 0.633. The molecule has 0 unspecified atom stereocenters. The Balaban J connectivity index is 2.58. The van der Waals surface area contributed by atoms with Gasteiger partial charge in [0.1, 0.15) is 0 Å². The van der Waals surface area contributed by atoms with Gasteiger partial charge in [0.25, 0.3) is 0 Å². The minimum absolute atomic E-state index is 0.170. The van der Waals surface area contributed by atoms with Crippen molar-refractivity contribution in [3.63, 3.8) is 0 Å². The first kappa shape index (κ1) is 6.98.